The van der Waals surface area contributed by atoms with Crippen LogP contribution in [0.4, 0.5) is 0 Å². The first-order valence-corrected chi connectivity index (χ1v) is 27.7. The lowest BCUT2D eigenvalue weighted by Gasteiger charge is -2.22. The van der Waals surface area contributed by atoms with E-state index in [-0.39, 0.29) is 0 Å². The molecule has 10 aromatic carbocycles. The molecule has 0 aliphatic carbocycles. The normalized spacial score (nSPS) is 12.3. The predicted molar refractivity (Wildman–Crippen MR) is 262 cm³/mol. The van der Waals surface area contributed by atoms with Gasteiger partial charge in [0.25, 0.3) is 0 Å². The van der Waals surface area contributed by atoms with Crippen molar-refractivity contribution in [3.05, 3.63) is 182 Å². The summed E-state index contributed by atoms with van der Waals surface area (Å²) in [5.74, 6) is 0. The maximum Gasteiger partial charge on any atom is 0.0776 e. The maximum absolute atomic E-state index is 2.53. The Bertz CT molecular complexity index is 3020. The highest BCUT2D eigenvalue weighted by Gasteiger charge is 2.22. The molecule has 0 bridgehead atoms. The summed E-state index contributed by atoms with van der Waals surface area (Å²) in [5, 5.41) is 16.0. The van der Waals surface area contributed by atoms with E-state index in [1.165, 1.54) is 109 Å². The van der Waals surface area contributed by atoms with Crippen molar-refractivity contribution in [3.63, 3.8) is 0 Å². The Morgan fingerprint density at radius 3 is 1.02 bits per heavy atom. The van der Waals surface area contributed by atoms with E-state index in [0.717, 1.165) is 0 Å². The monoisotopic (exact) mass is 776 g/mol. The Hall–Kier alpha value is -6.07. The molecule has 0 unspecified atom stereocenters. The molecule has 0 aromatic heterocycles. The second-order valence-electron chi connectivity index (χ2n) is 18.2. The van der Waals surface area contributed by atoms with E-state index in [0.29, 0.717) is 0 Å². The van der Waals surface area contributed by atoms with E-state index in [1.54, 1.807) is 0 Å². The number of benzene rings is 10. The lowest BCUT2D eigenvalue weighted by Crippen LogP contribution is -2.37. The molecule has 0 fully saturated rings. The molecule has 0 radical (unpaired) electrons. The zero-order valence-corrected chi connectivity index (χ0v) is 36.3. The zero-order chi connectivity index (χ0) is 39.8. The van der Waals surface area contributed by atoms with Gasteiger partial charge in [-0.25, -0.2) is 0 Å². The summed E-state index contributed by atoms with van der Waals surface area (Å²) in [6.45, 7) is 14.8. The number of hydrogen-bond acceptors (Lipinski definition) is 0. The van der Waals surface area contributed by atoms with Crippen molar-refractivity contribution in [1.29, 1.82) is 0 Å². The standard InChI is InChI=1S/C56H48Si2/c1-57(2,3)43-27-29-49-53(33-43)51(41-21-11-19-39(31-41)47-25-13-17-37-15-7-9-23-45(37)47)35-56-50-30-28-44(58(4,5)6)34-54(50)52(36-55(49)56)42-22-12-20-40(32-42)48-26-14-18-38-16-8-10-24-46(38)48/h7-36H,1-6H3. The molecule has 2 heteroatoms. The summed E-state index contributed by atoms with van der Waals surface area (Å²) >= 11 is 0. The first-order chi connectivity index (χ1) is 28.0. The summed E-state index contributed by atoms with van der Waals surface area (Å²) < 4.78 is 0. The summed E-state index contributed by atoms with van der Waals surface area (Å²) in [6, 6.07) is 69.1. The fraction of sp³-hybridized carbons (Fsp3) is 0.107. The minimum Gasteiger partial charge on any atom is -0.0656 e. The third-order valence-corrected chi connectivity index (χ3v) is 16.4. The van der Waals surface area contributed by atoms with Crippen molar-refractivity contribution in [1.82, 2.24) is 0 Å². The molecule has 58 heavy (non-hydrogen) atoms. The van der Waals surface area contributed by atoms with Crippen LogP contribution in [0.1, 0.15) is 0 Å². The third-order valence-electron chi connectivity index (χ3n) is 12.3. The number of hydrogen-bond donors (Lipinski definition) is 0. The average Bonchev–Trinajstić information content (AvgIpc) is 3.24. The first-order valence-electron chi connectivity index (χ1n) is 20.7. The Morgan fingerprint density at radius 2 is 0.603 bits per heavy atom. The first kappa shape index (κ1) is 36.3. The third kappa shape index (κ3) is 6.28. The van der Waals surface area contributed by atoms with Gasteiger partial charge in [-0.05, 0) is 123 Å². The molecule has 10 rings (SSSR count). The quantitative estimate of drug-likeness (QED) is 0.117. The fourth-order valence-electron chi connectivity index (χ4n) is 9.12. The minimum atomic E-state index is -1.62. The highest BCUT2D eigenvalue weighted by atomic mass is 28.3. The number of fused-ring (bicyclic) bond motifs is 7. The van der Waals surface area contributed by atoms with Gasteiger partial charge in [-0.1, -0.05) is 207 Å². The molecule has 0 saturated heterocycles. The van der Waals surface area contributed by atoms with E-state index in [9.17, 15) is 0 Å². The number of rotatable bonds is 6. The topological polar surface area (TPSA) is 0 Å². The van der Waals surface area contributed by atoms with E-state index < -0.39 is 16.1 Å². The predicted octanol–water partition coefficient (Wildman–Crippen LogP) is 15.2. The lowest BCUT2D eigenvalue weighted by atomic mass is 9.86. The van der Waals surface area contributed by atoms with Crippen LogP contribution < -0.4 is 10.4 Å². The molecule has 0 saturated carbocycles. The van der Waals surface area contributed by atoms with Crippen LogP contribution in [0.3, 0.4) is 0 Å². The van der Waals surface area contributed by atoms with Gasteiger partial charge < -0.3 is 0 Å². The minimum absolute atomic E-state index is 1.25. The second-order valence-corrected chi connectivity index (χ2v) is 28.3. The van der Waals surface area contributed by atoms with Crippen molar-refractivity contribution >= 4 is 80.4 Å². The molecule has 0 atom stereocenters. The van der Waals surface area contributed by atoms with Gasteiger partial charge in [0.05, 0.1) is 16.1 Å². The van der Waals surface area contributed by atoms with Crippen LogP contribution >= 0.6 is 0 Å². The van der Waals surface area contributed by atoms with Crippen molar-refractivity contribution in [2.24, 2.45) is 0 Å². The highest BCUT2D eigenvalue weighted by Crippen LogP contribution is 2.43. The summed E-state index contributed by atoms with van der Waals surface area (Å²) in [5.41, 5.74) is 10.1. The Labute approximate surface area is 344 Å². The largest absolute Gasteiger partial charge is 0.0776 e. The van der Waals surface area contributed by atoms with Gasteiger partial charge in [-0.3, -0.25) is 0 Å². The maximum atomic E-state index is 2.53. The Kier molecular flexibility index (Phi) is 8.63. The van der Waals surface area contributed by atoms with Crippen LogP contribution in [0.5, 0.6) is 0 Å². The Morgan fingerprint density at radius 1 is 0.241 bits per heavy atom. The molecular formula is C56H48Si2. The summed E-state index contributed by atoms with van der Waals surface area (Å²) in [4.78, 5) is 0. The van der Waals surface area contributed by atoms with Gasteiger partial charge in [0.15, 0.2) is 0 Å². The van der Waals surface area contributed by atoms with Gasteiger partial charge in [-0.2, -0.15) is 0 Å². The molecule has 0 amide bonds. The molecular weight excluding hydrogens is 729 g/mol. The summed E-state index contributed by atoms with van der Waals surface area (Å²) in [6.07, 6.45) is 0. The molecule has 0 spiro atoms. The van der Waals surface area contributed by atoms with E-state index in [2.05, 4.69) is 221 Å². The van der Waals surface area contributed by atoms with Crippen LogP contribution in [-0.2, 0) is 0 Å². The van der Waals surface area contributed by atoms with E-state index in [1.807, 2.05) is 0 Å². The second kappa shape index (κ2) is 13.8. The molecule has 0 aliphatic heterocycles. The summed E-state index contributed by atoms with van der Waals surface area (Å²) in [7, 11) is -3.24. The van der Waals surface area contributed by atoms with Gasteiger partial charge in [0.2, 0.25) is 0 Å². The SMILES string of the molecule is C[Si](C)(C)c1ccc2c(c1)c(-c1cccc(-c3cccc4ccccc34)c1)cc1c3ccc([Si](C)(C)C)cc3c(-c3cccc(-c4cccc5ccccc45)c3)cc21. The van der Waals surface area contributed by atoms with Crippen molar-refractivity contribution < 1.29 is 0 Å². The lowest BCUT2D eigenvalue weighted by molar-refractivity contribution is 1.62. The Balaban J connectivity index is 1.26. The van der Waals surface area contributed by atoms with Gasteiger partial charge in [0.1, 0.15) is 0 Å². The van der Waals surface area contributed by atoms with Gasteiger partial charge in [-0.15, -0.1) is 0 Å². The molecule has 0 aliphatic rings. The van der Waals surface area contributed by atoms with Crippen LogP contribution in [-0.4, -0.2) is 16.1 Å². The van der Waals surface area contributed by atoms with Crippen molar-refractivity contribution in [3.8, 4) is 44.5 Å². The molecule has 0 nitrogen and oxygen atoms in total. The molecule has 280 valence electrons. The van der Waals surface area contributed by atoms with E-state index in [4.69, 9.17) is 0 Å². The average molecular weight is 777 g/mol. The fourth-order valence-corrected chi connectivity index (χ4v) is 11.4. The molecule has 10 aromatic rings. The zero-order valence-electron chi connectivity index (χ0n) is 34.3. The van der Waals surface area contributed by atoms with Gasteiger partial charge in [0, 0.05) is 0 Å². The molecule has 0 heterocycles. The van der Waals surface area contributed by atoms with Crippen molar-refractivity contribution in [2.75, 3.05) is 0 Å². The highest BCUT2D eigenvalue weighted by molar-refractivity contribution is 6.89. The van der Waals surface area contributed by atoms with Crippen molar-refractivity contribution in [2.45, 2.75) is 39.3 Å². The van der Waals surface area contributed by atoms with Crippen LogP contribution in [0, 0.1) is 0 Å². The van der Waals surface area contributed by atoms with Gasteiger partial charge >= 0.3 is 0 Å². The van der Waals surface area contributed by atoms with Crippen LogP contribution in [0.25, 0.3) is 98.4 Å². The van der Waals surface area contributed by atoms with Crippen LogP contribution in [0.2, 0.25) is 39.3 Å². The smallest absolute Gasteiger partial charge is 0.0656 e. The van der Waals surface area contributed by atoms with E-state index >= 15 is 0 Å². The molecule has 0 N–H and O–H groups in total. The van der Waals surface area contributed by atoms with Crippen LogP contribution in [0.15, 0.2) is 182 Å².